The van der Waals surface area contributed by atoms with E-state index in [9.17, 15) is 0 Å². The zero-order valence-electron chi connectivity index (χ0n) is 48.7. The summed E-state index contributed by atoms with van der Waals surface area (Å²) in [4.78, 5) is 24.9. The van der Waals surface area contributed by atoms with Crippen molar-refractivity contribution in [3.8, 4) is 112 Å². The van der Waals surface area contributed by atoms with Gasteiger partial charge in [-0.1, -0.05) is 249 Å². The standard InChI is InChI=1S/C85H51N5/c1-3-12-53(13-4-1)73-49-74(70-41-36-57-17-9-16-56-35-40-69(73)81(70)79(56)57)55-27-29-61(30-28-55)84-88-83(60-14-5-2-6-15-60)89-85(90-84)67-21-11-20-62(48-67)63-31-32-65-47-66(34-33-64(65)46-63)76-50-75(71-42-37-58-18-10-19-59-38-43-72(76)82(71)80(58)59)54-25-23-52(24-26-54)68-39-44-78(87-51-68)77-22-7-8-45-86-77/h1-51H. The second kappa shape index (κ2) is 20.8. The Kier molecular flexibility index (Phi) is 11.9. The van der Waals surface area contributed by atoms with Gasteiger partial charge >= 0.3 is 0 Å². The molecule has 3 heterocycles. The third-order valence-electron chi connectivity index (χ3n) is 18.3. The smallest absolute Gasteiger partial charge is 0.164 e. The summed E-state index contributed by atoms with van der Waals surface area (Å²) in [7, 11) is 0. The lowest BCUT2D eigenvalue weighted by atomic mass is 9.85. The molecule has 0 bridgehead atoms. The van der Waals surface area contributed by atoms with Crippen LogP contribution in [0.2, 0.25) is 0 Å². The first kappa shape index (κ1) is 51.2. The number of fused-ring (bicyclic) bond motifs is 1. The molecule has 5 nitrogen and oxygen atoms in total. The van der Waals surface area contributed by atoms with Crippen LogP contribution in [-0.4, -0.2) is 24.9 Å². The van der Waals surface area contributed by atoms with Crippen LogP contribution in [0, 0.1) is 0 Å². The summed E-state index contributed by atoms with van der Waals surface area (Å²) in [5, 5.41) is 17.5. The Morgan fingerprint density at radius 2 is 0.567 bits per heavy atom. The van der Waals surface area contributed by atoms with Crippen LogP contribution in [-0.2, 0) is 0 Å². The highest BCUT2D eigenvalue weighted by molar-refractivity contribution is 6.29. The predicted octanol–water partition coefficient (Wildman–Crippen LogP) is 22.3. The fraction of sp³-hybridized carbons (Fsp3) is 0. The third kappa shape index (κ3) is 8.66. The molecule has 0 saturated heterocycles. The average Bonchev–Trinajstić information content (AvgIpc) is 1.23. The highest BCUT2D eigenvalue weighted by Crippen LogP contribution is 2.47. The highest BCUT2D eigenvalue weighted by atomic mass is 15.0. The lowest BCUT2D eigenvalue weighted by molar-refractivity contribution is 1.07. The van der Waals surface area contributed by atoms with Gasteiger partial charge in [-0.05, 0) is 185 Å². The van der Waals surface area contributed by atoms with Gasteiger partial charge < -0.3 is 0 Å². The van der Waals surface area contributed by atoms with Gasteiger partial charge in [0.1, 0.15) is 0 Å². The van der Waals surface area contributed by atoms with Gasteiger partial charge in [-0.15, -0.1) is 0 Å². The van der Waals surface area contributed by atoms with Gasteiger partial charge in [0.15, 0.2) is 17.5 Å². The molecule has 3 aromatic heterocycles. The minimum atomic E-state index is 0.613. The number of hydrogen-bond acceptors (Lipinski definition) is 5. The van der Waals surface area contributed by atoms with E-state index < -0.39 is 0 Å². The molecule has 0 spiro atoms. The monoisotopic (exact) mass is 1140 g/mol. The van der Waals surface area contributed by atoms with Crippen LogP contribution in [0.4, 0.5) is 0 Å². The summed E-state index contributed by atoms with van der Waals surface area (Å²) in [6.07, 6.45) is 3.75. The SMILES string of the molecule is c1ccc(-c2nc(-c3ccc(-c4cc(-c5ccccc5)c5ccc6cccc7ccc4c5c67)cc3)nc(-c3cccc(-c4ccc5cc(-c6cc(-c7ccc(-c8ccc(-c9ccccn9)nc8)cc7)c7ccc8cccc9ccc6c7c89)ccc5c4)c3)n2)cc1. The molecule has 0 saturated carbocycles. The summed E-state index contributed by atoms with van der Waals surface area (Å²) in [5.74, 6) is 1.85. The highest BCUT2D eigenvalue weighted by Gasteiger charge is 2.21. The van der Waals surface area contributed by atoms with Crippen molar-refractivity contribution in [2.75, 3.05) is 0 Å². The van der Waals surface area contributed by atoms with Crippen LogP contribution >= 0.6 is 0 Å². The van der Waals surface area contributed by atoms with Crippen LogP contribution in [0.1, 0.15) is 0 Å². The van der Waals surface area contributed by atoms with Crippen LogP contribution in [0.5, 0.6) is 0 Å². The van der Waals surface area contributed by atoms with Crippen molar-refractivity contribution >= 4 is 75.4 Å². The molecule has 15 aromatic carbocycles. The summed E-state index contributed by atoms with van der Waals surface area (Å²) in [6.45, 7) is 0. The molecule has 0 fully saturated rings. The van der Waals surface area contributed by atoms with E-state index in [0.717, 1.165) is 66.8 Å². The van der Waals surface area contributed by atoms with Crippen molar-refractivity contribution in [3.05, 3.63) is 310 Å². The van der Waals surface area contributed by atoms with Crippen molar-refractivity contribution < 1.29 is 0 Å². The molecule has 0 aliphatic carbocycles. The molecule has 0 radical (unpaired) electrons. The topological polar surface area (TPSA) is 64.5 Å². The van der Waals surface area contributed by atoms with Gasteiger partial charge in [-0.25, -0.2) is 15.0 Å². The molecule has 90 heavy (non-hydrogen) atoms. The second-order valence-corrected chi connectivity index (χ2v) is 23.5. The van der Waals surface area contributed by atoms with Gasteiger partial charge in [0.2, 0.25) is 0 Å². The number of hydrogen-bond donors (Lipinski definition) is 0. The van der Waals surface area contributed by atoms with E-state index in [-0.39, 0.29) is 0 Å². The predicted molar refractivity (Wildman–Crippen MR) is 375 cm³/mol. The summed E-state index contributed by atoms with van der Waals surface area (Å²) in [6, 6.07) is 107. The van der Waals surface area contributed by atoms with Gasteiger partial charge in [-0.2, -0.15) is 0 Å². The van der Waals surface area contributed by atoms with E-state index in [0.29, 0.717) is 17.5 Å². The zero-order chi connectivity index (χ0) is 59.2. The minimum Gasteiger partial charge on any atom is -0.255 e. The molecule has 0 amide bonds. The fourth-order valence-corrected chi connectivity index (χ4v) is 13.9. The summed E-state index contributed by atoms with van der Waals surface area (Å²) >= 11 is 0. The van der Waals surface area contributed by atoms with Gasteiger partial charge in [0, 0.05) is 34.6 Å². The molecule has 0 atom stereocenters. The molecular weight excluding hydrogens is 1090 g/mol. The number of aromatic nitrogens is 5. The Balaban J connectivity index is 0.689. The zero-order valence-corrected chi connectivity index (χ0v) is 48.7. The number of nitrogens with zero attached hydrogens (tertiary/aromatic N) is 5. The van der Waals surface area contributed by atoms with Crippen molar-refractivity contribution in [1.29, 1.82) is 0 Å². The largest absolute Gasteiger partial charge is 0.255 e. The second-order valence-electron chi connectivity index (χ2n) is 23.5. The van der Waals surface area contributed by atoms with Gasteiger partial charge in [-0.3, -0.25) is 9.97 Å². The first-order valence-corrected chi connectivity index (χ1v) is 30.6. The van der Waals surface area contributed by atoms with Crippen molar-refractivity contribution in [1.82, 2.24) is 24.9 Å². The van der Waals surface area contributed by atoms with E-state index >= 15 is 0 Å². The van der Waals surface area contributed by atoms with Crippen LogP contribution in [0.3, 0.4) is 0 Å². The molecule has 0 aliphatic rings. The summed E-state index contributed by atoms with van der Waals surface area (Å²) in [5.41, 5.74) is 18.3. The quantitative estimate of drug-likeness (QED) is 0.128. The number of benzene rings is 15. The lowest BCUT2D eigenvalue weighted by Gasteiger charge is -2.18. The first-order chi connectivity index (χ1) is 44.6. The molecule has 0 aliphatic heterocycles. The fourth-order valence-electron chi connectivity index (χ4n) is 13.9. The Bertz CT molecular complexity index is 5760. The minimum absolute atomic E-state index is 0.613. The van der Waals surface area contributed by atoms with Gasteiger partial charge in [0.25, 0.3) is 0 Å². The van der Waals surface area contributed by atoms with E-state index in [4.69, 9.17) is 19.9 Å². The van der Waals surface area contributed by atoms with Crippen LogP contribution < -0.4 is 0 Å². The van der Waals surface area contributed by atoms with Crippen molar-refractivity contribution in [3.63, 3.8) is 0 Å². The summed E-state index contributed by atoms with van der Waals surface area (Å²) < 4.78 is 0. The van der Waals surface area contributed by atoms with E-state index in [2.05, 4.69) is 260 Å². The third-order valence-corrected chi connectivity index (χ3v) is 18.3. The Morgan fingerprint density at radius 1 is 0.189 bits per heavy atom. The Morgan fingerprint density at radius 3 is 1.10 bits per heavy atom. The molecule has 5 heteroatoms. The molecule has 0 unspecified atom stereocenters. The number of pyridine rings is 2. The Labute approximate surface area is 519 Å². The number of rotatable bonds is 10. The molecule has 18 aromatic rings. The lowest BCUT2D eigenvalue weighted by Crippen LogP contribution is -2.00. The van der Waals surface area contributed by atoms with E-state index in [1.54, 1.807) is 6.20 Å². The molecule has 416 valence electrons. The maximum atomic E-state index is 5.26. The molecule has 18 rings (SSSR count). The van der Waals surface area contributed by atoms with Crippen molar-refractivity contribution in [2.24, 2.45) is 0 Å². The van der Waals surface area contributed by atoms with E-state index in [1.165, 1.54) is 103 Å². The van der Waals surface area contributed by atoms with E-state index in [1.807, 2.05) is 48.7 Å². The molecule has 0 N–H and O–H groups in total. The van der Waals surface area contributed by atoms with Crippen LogP contribution in [0.15, 0.2) is 310 Å². The Hall–Kier alpha value is -12.1. The van der Waals surface area contributed by atoms with Crippen LogP contribution in [0.25, 0.3) is 188 Å². The average molecular weight is 1140 g/mol. The maximum Gasteiger partial charge on any atom is 0.164 e. The van der Waals surface area contributed by atoms with Gasteiger partial charge in [0.05, 0.1) is 11.4 Å². The first-order valence-electron chi connectivity index (χ1n) is 30.6. The maximum absolute atomic E-state index is 5.26. The normalized spacial score (nSPS) is 11.8. The van der Waals surface area contributed by atoms with Crippen molar-refractivity contribution in [2.45, 2.75) is 0 Å². The molecular formula is C85H51N5.